The molecule has 2 aromatic rings. The van der Waals surface area contributed by atoms with Gasteiger partial charge in [-0.15, -0.1) is 0 Å². The van der Waals surface area contributed by atoms with Gasteiger partial charge in [-0.2, -0.15) is 0 Å². The van der Waals surface area contributed by atoms with E-state index in [1.165, 1.54) is 19.2 Å². The zero-order valence-electron chi connectivity index (χ0n) is 13.4. The molecule has 0 aromatic heterocycles. The van der Waals surface area contributed by atoms with Crippen LogP contribution in [0.4, 0.5) is 4.39 Å². The maximum Gasteiger partial charge on any atom is 0.340 e. The molecule has 126 valence electrons. The number of halogens is 1. The Labute approximate surface area is 139 Å². The molecule has 0 amide bonds. The van der Waals surface area contributed by atoms with Crippen molar-refractivity contribution in [3.05, 3.63) is 58.9 Å². The predicted molar refractivity (Wildman–Crippen MR) is 85.6 cm³/mol. The average Bonchev–Trinajstić information content (AvgIpc) is 2.60. The van der Waals surface area contributed by atoms with Crippen LogP contribution in [-0.2, 0) is 4.74 Å². The van der Waals surface area contributed by atoms with E-state index in [2.05, 4.69) is 4.74 Å². The van der Waals surface area contributed by atoms with Gasteiger partial charge in [0.05, 0.1) is 19.8 Å². The van der Waals surface area contributed by atoms with Crippen LogP contribution in [0.1, 0.15) is 40.1 Å². The third kappa shape index (κ3) is 2.92. The number of rotatable bonds is 3. The number of nitrogens with two attached hydrogens (primary N) is 1. The quantitative estimate of drug-likeness (QED) is 0.875. The molecule has 3 rings (SSSR count). The monoisotopic (exact) mass is 331 g/mol. The summed E-state index contributed by atoms with van der Waals surface area (Å²) in [4.78, 5) is 11.5. The minimum Gasteiger partial charge on any atom is -0.497 e. The van der Waals surface area contributed by atoms with E-state index in [1.54, 1.807) is 19.2 Å². The summed E-state index contributed by atoms with van der Waals surface area (Å²) < 4.78 is 29.9. The van der Waals surface area contributed by atoms with E-state index in [0.717, 1.165) is 5.56 Å². The summed E-state index contributed by atoms with van der Waals surface area (Å²) in [6, 6.07) is 9.57. The van der Waals surface area contributed by atoms with Gasteiger partial charge in [0.2, 0.25) is 0 Å². The van der Waals surface area contributed by atoms with Crippen LogP contribution in [0, 0.1) is 5.82 Å². The van der Waals surface area contributed by atoms with Gasteiger partial charge >= 0.3 is 5.97 Å². The number of hydrogen-bond donors (Lipinski definition) is 1. The summed E-state index contributed by atoms with van der Waals surface area (Å²) >= 11 is 0. The molecule has 0 radical (unpaired) electrons. The number of benzene rings is 2. The van der Waals surface area contributed by atoms with Crippen molar-refractivity contribution < 1.29 is 23.4 Å². The lowest BCUT2D eigenvalue weighted by Gasteiger charge is -2.31. The van der Waals surface area contributed by atoms with E-state index in [1.807, 2.05) is 12.1 Å². The van der Waals surface area contributed by atoms with Crippen molar-refractivity contribution in [1.82, 2.24) is 0 Å². The molecule has 0 unspecified atom stereocenters. The molecule has 0 spiro atoms. The number of esters is 1. The Morgan fingerprint density at radius 1 is 1.25 bits per heavy atom. The van der Waals surface area contributed by atoms with Gasteiger partial charge in [0.25, 0.3) is 0 Å². The molecule has 2 atom stereocenters. The molecule has 0 bridgehead atoms. The van der Waals surface area contributed by atoms with Gasteiger partial charge in [0.15, 0.2) is 0 Å². The summed E-state index contributed by atoms with van der Waals surface area (Å²) in [5.41, 5.74) is 7.61. The number of carbonyl (C=O) groups is 1. The smallest absolute Gasteiger partial charge is 0.340 e. The maximum atomic E-state index is 14.1. The number of hydrogen-bond acceptors (Lipinski definition) is 5. The molecule has 1 aliphatic heterocycles. The lowest BCUT2D eigenvalue weighted by atomic mass is 9.93. The summed E-state index contributed by atoms with van der Waals surface area (Å²) in [6.07, 6.45) is 0.108. The second-order valence-corrected chi connectivity index (χ2v) is 5.58. The molecule has 0 aliphatic carbocycles. The Balaban J connectivity index is 1.91. The summed E-state index contributed by atoms with van der Waals surface area (Å²) in [7, 11) is 2.78. The third-order valence-electron chi connectivity index (χ3n) is 4.13. The average molecular weight is 331 g/mol. The molecule has 1 heterocycles. The van der Waals surface area contributed by atoms with Gasteiger partial charge in [-0.25, -0.2) is 9.18 Å². The van der Waals surface area contributed by atoms with Gasteiger partial charge in [-0.3, -0.25) is 0 Å². The lowest BCUT2D eigenvalue weighted by molar-refractivity contribution is 0.0595. The van der Waals surface area contributed by atoms with Crippen LogP contribution in [0.2, 0.25) is 0 Å². The molecule has 2 N–H and O–H groups in total. The summed E-state index contributed by atoms with van der Waals surface area (Å²) in [5.74, 6) is -0.0762. The number of methoxy groups -OCH3 is 2. The molecule has 0 fully saturated rings. The normalized spacial score (nSPS) is 19.2. The third-order valence-corrected chi connectivity index (χ3v) is 4.13. The van der Waals surface area contributed by atoms with E-state index in [0.29, 0.717) is 23.5 Å². The van der Waals surface area contributed by atoms with Crippen LogP contribution in [-0.4, -0.2) is 20.2 Å². The molecular formula is C18H18FNO4. The fraction of sp³-hybridized carbons (Fsp3) is 0.278. The fourth-order valence-corrected chi connectivity index (χ4v) is 2.82. The molecule has 6 heteroatoms. The Morgan fingerprint density at radius 2 is 2.04 bits per heavy atom. The lowest BCUT2D eigenvalue weighted by Crippen LogP contribution is -2.24. The zero-order chi connectivity index (χ0) is 17.3. The van der Waals surface area contributed by atoms with E-state index in [4.69, 9.17) is 15.2 Å². The van der Waals surface area contributed by atoms with E-state index in [-0.39, 0.29) is 11.6 Å². The van der Waals surface area contributed by atoms with Crippen LogP contribution in [0.15, 0.2) is 36.4 Å². The van der Waals surface area contributed by atoms with Crippen molar-refractivity contribution in [2.45, 2.75) is 18.6 Å². The first-order chi connectivity index (χ1) is 11.5. The highest BCUT2D eigenvalue weighted by Gasteiger charge is 2.28. The first-order valence-electron chi connectivity index (χ1n) is 7.51. The fourth-order valence-electron chi connectivity index (χ4n) is 2.82. The highest BCUT2D eigenvalue weighted by atomic mass is 19.1. The number of ether oxygens (including phenoxy) is 3. The highest BCUT2D eigenvalue weighted by Crippen LogP contribution is 2.41. The van der Waals surface area contributed by atoms with Crippen molar-refractivity contribution in [3.63, 3.8) is 0 Å². The minimum absolute atomic E-state index is 0.108. The molecular weight excluding hydrogens is 313 g/mol. The van der Waals surface area contributed by atoms with Gasteiger partial charge < -0.3 is 19.9 Å². The van der Waals surface area contributed by atoms with Crippen LogP contribution in [0.25, 0.3) is 0 Å². The van der Waals surface area contributed by atoms with E-state index < -0.39 is 17.9 Å². The molecule has 24 heavy (non-hydrogen) atoms. The van der Waals surface area contributed by atoms with Crippen molar-refractivity contribution >= 4 is 5.97 Å². The van der Waals surface area contributed by atoms with E-state index >= 15 is 0 Å². The molecule has 0 saturated heterocycles. The van der Waals surface area contributed by atoms with Gasteiger partial charge in [0.1, 0.15) is 23.4 Å². The molecule has 0 saturated carbocycles. The van der Waals surface area contributed by atoms with Gasteiger partial charge in [0, 0.05) is 24.1 Å². The SMILES string of the molecule is COC(=O)c1ccc([C@H]2C[C@@H](N)c3ccc(OC)cc3O2)cc1F. The standard InChI is InChI=1S/C18H18FNO4/c1-22-11-4-6-13-15(20)9-16(24-17(13)8-11)10-3-5-12(14(19)7-10)18(21)23-2/h3-8,15-16H,9,20H2,1-2H3/t15-,16-/m1/s1. The summed E-state index contributed by atoms with van der Waals surface area (Å²) in [6.45, 7) is 0. The Morgan fingerprint density at radius 3 is 2.71 bits per heavy atom. The highest BCUT2D eigenvalue weighted by molar-refractivity contribution is 5.89. The Kier molecular flexibility index (Phi) is 4.40. The maximum absolute atomic E-state index is 14.1. The largest absolute Gasteiger partial charge is 0.497 e. The zero-order valence-corrected chi connectivity index (χ0v) is 13.4. The topological polar surface area (TPSA) is 70.8 Å². The van der Waals surface area contributed by atoms with Crippen LogP contribution in [0.3, 0.4) is 0 Å². The van der Waals surface area contributed by atoms with E-state index in [9.17, 15) is 9.18 Å². The van der Waals surface area contributed by atoms with Gasteiger partial charge in [-0.1, -0.05) is 12.1 Å². The van der Waals surface area contributed by atoms with Crippen molar-refractivity contribution in [1.29, 1.82) is 0 Å². The summed E-state index contributed by atoms with van der Waals surface area (Å²) in [5, 5.41) is 0. The predicted octanol–water partition coefficient (Wildman–Crippen LogP) is 3.14. The van der Waals surface area contributed by atoms with Crippen LogP contribution >= 0.6 is 0 Å². The van der Waals surface area contributed by atoms with Crippen LogP contribution in [0.5, 0.6) is 11.5 Å². The number of carbonyl (C=O) groups excluding carboxylic acids is 1. The molecule has 1 aliphatic rings. The second-order valence-electron chi connectivity index (χ2n) is 5.58. The molecule has 5 nitrogen and oxygen atoms in total. The first-order valence-corrected chi connectivity index (χ1v) is 7.51. The Hall–Kier alpha value is -2.60. The van der Waals surface area contributed by atoms with Crippen LogP contribution < -0.4 is 15.2 Å². The van der Waals surface area contributed by atoms with Gasteiger partial charge in [-0.05, 0) is 23.8 Å². The van der Waals surface area contributed by atoms with Crippen molar-refractivity contribution in [3.8, 4) is 11.5 Å². The van der Waals surface area contributed by atoms with Crippen molar-refractivity contribution in [2.24, 2.45) is 5.73 Å². The second kappa shape index (κ2) is 6.49. The van der Waals surface area contributed by atoms with Crippen molar-refractivity contribution in [2.75, 3.05) is 14.2 Å². The minimum atomic E-state index is -0.713. The first kappa shape index (κ1) is 16.3. The molecule has 2 aromatic carbocycles. The Bertz CT molecular complexity index is 778. The number of fused-ring (bicyclic) bond motifs is 1.